The van der Waals surface area contributed by atoms with Gasteiger partial charge in [0.05, 0.1) is 21.4 Å². The van der Waals surface area contributed by atoms with Crippen LogP contribution in [0.4, 0.5) is 4.39 Å². The van der Waals surface area contributed by atoms with Crippen molar-refractivity contribution in [2.75, 3.05) is 13.1 Å². The molecule has 0 bridgehead atoms. The lowest BCUT2D eigenvalue weighted by molar-refractivity contribution is 0.532. The lowest BCUT2D eigenvalue weighted by Crippen LogP contribution is -2.26. The van der Waals surface area contributed by atoms with Crippen LogP contribution in [0.3, 0.4) is 0 Å². The predicted molar refractivity (Wildman–Crippen MR) is 83.6 cm³/mol. The summed E-state index contributed by atoms with van der Waals surface area (Å²) in [6.45, 7) is 1.46. The monoisotopic (exact) mass is 368 g/mol. The second-order valence-corrected chi connectivity index (χ2v) is 6.11. The molecule has 0 amide bonds. The van der Waals surface area contributed by atoms with E-state index in [1.54, 1.807) is 6.07 Å². The zero-order valence-corrected chi connectivity index (χ0v) is 13.2. The molecule has 2 aromatic rings. The molecule has 1 saturated heterocycles. The summed E-state index contributed by atoms with van der Waals surface area (Å²) in [5, 5.41) is 0.923. The highest BCUT2D eigenvalue weighted by Crippen LogP contribution is 2.35. The first-order valence-electron chi connectivity index (χ1n) is 6.42. The molecule has 1 atom stereocenters. The first kappa shape index (κ1) is 14.9. The van der Waals surface area contributed by atoms with Crippen LogP contribution in [0, 0.1) is 5.82 Å². The largest absolute Gasteiger partial charge is 0.339 e. The first-order chi connectivity index (χ1) is 10.1. The van der Waals surface area contributed by atoms with Gasteiger partial charge in [0, 0.05) is 11.3 Å². The van der Waals surface area contributed by atoms with Crippen molar-refractivity contribution >= 4 is 52.0 Å². The van der Waals surface area contributed by atoms with Crippen molar-refractivity contribution in [2.45, 2.75) is 12.3 Å². The molecule has 4 nitrogen and oxygen atoms in total. The minimum Gasteiger partial charge on any atom is -0.339 e. The van der Waals surface area contributed by atoms with E-state index in [9.17, 15) is 9.18 Å². The summed E-state index contributed by atoms with van der Waals surface area (Å²) in [6.07, 6.45) is 2.99. The average Bonchev–Trinajstić information content (AvgIpc) is 2.93. The molecule has 1 aromatic heterocycles. The highest BCUT2D eigenvalue weighted by atomic mass is 79.9. The van der Waals surface area contributed by atoms with Gasteiger partial charge in [-0.25, -0.2) is 14.4 Å². The number of halogens is 3. The fourth-order valence-electron chi connectivity index (χ4n) is 2.68. The normalized spacial score (nSPS) is 19.1. The standard InChI is InChI=1S/C13H10BBrClFN3O/c15-10-9(16)3-8-12(18-6-19-13(8)11(10)17)7-1-2-20(4-7)14-5-21/h3,5-7H,1-2,4H2. The Labute approximate surface area is 135 Å². The molecule has 3 rings (SSSR count). The number of fused-ring (bicyclic) bond motifs is 1. The van der Waals surface area contributed by atoms with E-state index in [0.717, 1.165) is 24.8 Å². The quantitative estimate of drug-likeness (QED) is 0.474. The SMILES string of the molecule is O=C[B]N1CCC(c2ncnc3c(F)c(Br)c(Cl)cc23)C1. The molecular weight excluding hydrogens is 359 g/mol. The summed E-state index contributed by atoms with van der Waals surface area (Å²) < 4.78 is 14.5. The highest BCUT2D eigenvalue weighted by molar-refractivity contribution is 9.10. The molecule has 0 spiro atoms. The second kappa shape index (κ2) is 5.98. The molecule has 0 N–H and O–H groups in total. The van der Waals surface area contributed by atoms with Gasteiger partial charge in [0.2, 0.25) is 0 Å². The third-order valence-corrected chi connectivity index (χ3v) is 4.98. The maximum absolute atomic E-state index is 14.2. The zero-order valence-electron chi connectivity index (χ0n) is 10.9. The summed E-state index contributed by atoms with van der Waals surface area (Å²) in [5.74, 6) is -0.348. The zero-order chi connectivity index (χ0) is 15.0. The third-order valence-electron chi connectivity index (χ3n) is 3.67. The van der Waals surface area contributed by atoms with E-state index in [1.807, 2.05) is 4.81 Å². The molecule has 2 heterocycles. The topological polar surface area (TPSA) is 46.1 Å². The van der Waals surface area contributed by atoms with Crippen LogP contribution >= 0.6 is 27.5 Å². The number of hydrogen-bond donors (Lipinski definition) is 0. The van der Waals surface area contributed by atoms with Gasteiger partial charge in [0.15, 0.2) is 5.82 Å². The van der Waals surface area contributed by atoms with Crippen molar-refractivity contribution in [3.05, 3.63) is 33.4 Å². The van der Waals surface area contributed by atoms with E-state index in [2.05, 4.69) is 25.9 Å². The van der Waals surface area contributed by atoms with E-state index in [1.165, 1.54) is 13.7 Å². The Morgan fingerprint density at radius 3 is 3.10 bits per heavy atom. The number of carbonyl (C=O) groups is 1. The van der Waals surface area contributed by atoms with Crippen molar-refractivity contribution in [3.63, 3.8) is 0 Å². The molecule has 1 fully saturated rings. The maximum atomic E-state index is 14.2. The Hall–Kier alpha value is -1.05. The lowest BCUT2D eigenvalue weighted by Gasteiger charge is -2.14. The van der Waals surface area contributed by atoms with E-state index in [-0.39, 0.29) is 15.9 Å². The van der Waals surface area contributed by atoms with Crippen LogP contribution in [0.1, 0.15) is 18.0 Å². The smallest absolute Gasteiger partial charge is 0.293 e. The molecule has 1 aliphatic heterocycles. The average molecular weight is 369 g/mol. The minimum absolute atomic E-state index is 0.128. The number of nitrogens with zero attached hydrogens (tertiary/aromatic N) is 3. The van der Waals surface area contributed by atoms with Crippen LogP contribution in [0.15, 0.2) is 16.9 Å². The van der Waals surface area contributed by atoms with Crippen LogP contribution in [-0.2, 0) is 4.79 Å². The maximum Gasteiger partial charge on any atom is 0.293 e. The molecule has 1 radical (unpaired) electrons. The van der Waals surface area contributed by atoms with Gasteiger partial charge in [0.25, 0.3) is 7.41 Å². The molecule has 1 aromatic carbocycles. The number of aromatic nitrogens is 2. The fraction of sp³-hybridized carbons (Fsp3) is 0.308. The van der Waals surface area contributed by atoms with Gasteiger partial charge in [-0.2, -0.15) is 0 Å². The predicted octanol–water partition coefficient (Wildman–Crippen LogP) is 2.78. The molecule has 0 aliphatic carbocycles. The molecule has 1 unspecified atom stereocenters. The van der Waals surface area contributed by atoms with Crippen molar-refractivity contribution in [3.8, 4) is 0 Å². The Morgan fingerprint density at radius 2 is 2.33 bits per heavy atom. The van der Waals surface area contributed by atoms with Crippen molar-refractivity contribution in [1.82, 2.24) is 14.8 Å². The summed E-state index contributed by atoms with van der Waals surface area (Å²) >= 11 is 9.16. The summed E-state index contributed by atoms with van der Waals surface area (Å²) in [5.41, 5.74) is 1.03. The van der Waals surface area contributed by atoms with E-state index < -0.39 is 5.82 Å². The van der Waals surface area contributed by atoms with Gasteiger partial charge in [0.1, 0.15) is 11.8 Å². The first-order valence-corrected chi connectivity index (χ1v) is 7.59. The molecule has 0 saturated carbocycles. The Kier molecular flexibility index (Phi) is 4.24. The van der Waals surface area contributed by atoms with Crippen LogP contribution in [0.25, 0.3) is 10.9 Å². The minimum atomic E-state index is -0.476. The van der Waals surface area contributed by atoms with Crippen LogP contribution in [-0.4, -0.2) is 41.5 Å². The van der Waals surface area contributed by atoms with Gasteiger partial charge >= 0.3 is 0 Å². The fourth-order valence-corrected chi connectivity index (χ4v) is 3.18. The molecule has 8 heteroatoms. The van der Waals surface area contributed by atoms with Gasteiger partial charge < -0.3 is 9.61 Å². The number of carbonyl (C=O) groups excluding carboxylic acids is 1. The Morgan fingerprint density at radius 1 is 1.52 bits per heavy atom. The van der Waals surface area contributed by atoms with E-state index in [4.69, 9.17) is 11.6 Å². The summed E-state index contributed by atoms with van der Waals surface area (Å²) in [7, 11) is 1.52. The number of hydrogen-bond acceptors (Lipinski definition) is 4. The summed E-state index contributed by atoms with van der Waals surface area (Å²) in [6, 6.07) is 1.69. The van der Waals surface area contributed by atoms with E-state index in [0.29, 0.717) is 17.0 Å². The van der Waals surface area contributed by atoms with E-state index >= 15 is 0 Å². The Bertz CT molecular complexity index is 717. The van der Waals surface area contributed by atoms with Crippen molar-refractivity contribution in [1.29, 1.82) is 0 Å². The van der Waals surface area contributed by atoms with Gasteiger partial charge in [-0.3, -0.25) is 0 Å². The summed E-state index contributed by atoms with van der Waals surface area (Å²) in [4.78, 5) is 20.8. The third kappa shape index (κ3) is 2.70. The number of benzene rings is 1. The number of rotatable bonds is 3. The van der Waals surface area contributed by atoms with Gasteiger partial charge in [-0.1, -0.05) is 11.6 Å². The van der Waals surface area contributed by atoms with Crippen LogP contribution in [0.5, 0.6) is 0 Å². The van der Waals surface area contributed by atoms with Crippen LogP contribution < -0.4 is 0 Å². The molecule has 21 heavy (non-hydrogen) atoms. The molecule has 107 valence electrons. The van der Waals surface area contributed by atoms with Gasteiger partial charge in [-0.05, 0) is 41.5 Å². The molecular formula is C13H10BBrClFN3O. The Balaban J connectivity index is 2.06. The van der Waals surface area contributed by atoms with Crippen LogP contribution in [0.2, 0.25) is 5.02 Å². The molecule has 1 aliphatic rings. The van der Waals surface area contributed by atoms with Gasteiger partial charge in [-0.15, -0.1) is 0 Å². The van der Waals surface area contributed by atoms with Crippen molar-refractivity contribution < 1.29 is 9.18 Å². The second-order valence-electron chi connectivity index (χ2n) is 4.91. The van der Waals surface area contributed by atoms with Crippen molar-refractivity contribution in [2.24, 2.45) is 0 Å². The lowest BCUT2D eigenvalue weighted by atomic mass is 9.95. The highest BCUT2D eigenvalue weighted by Gasteiger charge is 2.27.